The zero-order chi connectivity index (χ0) is 13.4. The Balaban J connectivity index is 1.96. The molecule has 18 heavy (non-hydrogen) atoms. The summed E-state index contributed by atoms with van der Waals surface area (Å²) >= 11 is 0. The molecule has 0 heterocycles. The van der Waals surface area contributed by atoms with Gasteiger partial charge >= 0.3 is 0 Å². The third kappa shape index (κ3) is 8.85. The fraction of sp³-hybridized carbons (Fsp3) is 1.00. The van der Waals surface area contributed by atoms with Crippen molar-refractivity contribution in [3.05, 3.63) is 0 Å². The van der Waals surface area contributed by atoms with Gasteiger partial charge in [-0.15, -0.1) is 0 Å². The maximum absolute atomic E-state index is 11.6. The van der Waals surface area contributed by atoms with E-state index < -0.39 is 10.0 Å². The molecule has 1 aliphatic carbocycles. The average Bonchev–Trinajstić information content (AvgIpc) is 3.07. The third-order valence-electron chi connectivity index (χ3n) is 2.95. The van der Waals surface area contributed by atoms with Gasteiger partial charge in [-0.1, -0.05) is 0 Å². The number of hydrogen-bond acceptors (Lipinski definition) is 4. The van der Waals surface area contributed by atoms with Crippen molar-refractivity contribution in [1.29, 1.82) is 0 Å². The van der Waals surface area contributed by atoms with E-state index in [4.69, 9.17) is 0 Å². The van der Waals surface area contributed by atoms with Crippen LogP contribution in [0, 0.1) is 0 Å². The summed E-state index contributed by atoms with van der Waals surface area (Å²) in [5.74, 6) is 0.251. The second-order valence-electron chi connectivity index (χ2n) is 5.31. The predicted molar refractivity (Wildman–Crippen MR) is 75.2 cm³/mol. The Morgan fingerprint density at radius 2 is 1.83 bits per heavy atom. The lowest BCUT2D eigenvalue weighted by atomic mass is 10.3. The quantitative estimate of drug-likeness (QED) is 0.536. The van der Waals surface area contributed by atoms with Crippen molar-refractivity contribution in [2.75, 3.05) is 39.5 Å². The fourth-order valence-electron chi connectivity index (χ4n) is 1.71. The Morgan fingerprint density at radius 3 is 2.44 bits per heavy atom. The van der Waals surface area contributed by atoms with Crippen LogP contribution in [0.4, 0.5) is 0 Å². The van der Waals surface area contributed by atoms with Crippen LogP contribution in [0.2, 0.25) is 0 Å². The highest BCUT2D eigenvalue weighted by Gasteiger charge is 2.19. The lowest BCUT2D eigenvalue weighted by Gasteiger charge is -2.10. The molecule has 1 fully saturated rings. The molecule has 0 radical (unpaired) electrons. The van der Waals surface area contributed by atoms with Crippen molar-refractivity contribution in [3.63, 3.8) is 0 Å². The summed E-state index contributed by atoms with van der Waals surface area (Å²) in [5, 5.41) is 3.39. The molecule has 1 aliphatic rings. The van der Waals surface area contributed by atoms with E-state index >= 15 is 0 Å². The smallest absolute Gasteiger partial charge is 0.211 e. The van der Waals surface area contributed by atoms with Gasteiger partial charge in [0.15, 0.2) is 0 Å². The lowest BCUT2D eigenvalue weighted by Crippen LogP contribution is -2.29. The van der Waals surface area contributed by atoms with Crippen molar-refractivity contribution in [2.24, 2.45) is 0 Å². The molecule has 2 N–H and O–H groups in total. The van der Waals surface area contributed by atoms with Gasteiger partial charge in [0, 0.05) is 12.6 Å². The first-order valence-electron chi connectivity index (χ1n) is 6.85. The van der Waals surface area contributed by atoms with Crippen LogP contribution >= 0.6 is 0 Å². The van der Waals surface area contributed by atoms with E-state index in [-0.39, 0.29) is 5.75 Å². The normalized spacial score (nSPS) is 16.4. The number of nitrogens with zero attached hydrogens (tertiary/aromatic N) is 1. The first kappa shape index (κ1) is 15.9. The van der Waals surface area contributed by atoms with E-state index in [0.717, 1.165) is 32.4 Å². The van der Waals surface area contributed by atoms with E-state index in [1.54, 1.807) is 0 Å². The van der Waals surface area contributed by atoms with Crippen LogP contribution in [-0.4, -0.2) is 58.8 Å². The van der Waals surface area contributed by atoms with Crippen LogP contribution in [0.5, 0.6) is 0 Å². The van der Waals surface area contributed by atoms with Crippen molar-refractivity contribution in [2.45, 2.75) is 38.1 Å². The van der Waals surface area contributed by atoms with Crippen LogP contribution in [0.15, 0.2) is 0 Å². The molecule has 6 heteroatoms. The summed E-state index contributed by atoms with van der Waals surface area (Å²) < 4.78 is 25.9. The summed E-state index contributed by atoms with van der Waals surface area (Å²) in [5.41, 5.74) is 0. The minimum Gasteiger partial charge on any atom is -0.314 e. The second kappa shape index (κ2) is 8.09. The largest absolute Gasteiger partial charge is 0.314 e. The van der Waals surface area contributed by atoms with Crippen molar-refractivity contribution >= 4 is 10.0 Å². The van der Waals surface area contributed by atoms with Gasteiger partial charge in [-0.05, 0) is 59.3 Å². The third-order valence-corrected chi connectivity index (χ3v) is 4.42. The molecule has 0 unspecified atom stereocenters. The fourth-order valence-corrected chi connectivity index (χ4v) is 2.89. The lowest BCUT2D eigenvalue weighted by molar-refractivity contribution is 0.400. The van der Waals surface area contributed by atoms with Gasteiger partial charge in [-0.25, -0.2) is 13.1 Å². The number of nitrogens with one attached hydrogen (secondary N) is 2. The monoisotopic (exact) mass is 277 g/mol. The van der Waals surface area contributed by atoms with Crippen molar-refractivity contribution in [1.82, 2.24) is 14.9 Å². The zero-order valence-corrected chi connectivity index (χ0v) is 12.4. The Morgan fingerprint density at radius 1 is 1.11 bits per heavy atom. The Hall–Kier alpha value is -0.170. The summed E-state index contributed by atoms with van der Waals surface area (Å²) in [4.78, 5) is 2.05. The molecule has 0 aromatic carbocycles. The highest BCUT2D eigenvalue weighted by molar-refractivity contribution is 7.89. The molecule has 108 valence electrons. The van der Waals surface area contributed by atoms with E-state index in [1.165, 1.54) is 12.8 Å². The van der Waals surface area contributed by atoms with E-state index in [1.807, 2.05) is 14.1 Å². The van der Waals surface area contributed by atoms with Crippen LogP contribution in [0.1, 0.15) is 32.1 Å². The molecular formula is C12H27N3O2S. The number of sulfonamides is 1. The van der Waals surface area contributed by atoms with Gasteiger partial charge in [-0.2, -0.15) is 0 Å². The molecule has 0 bridgehead atoms. The van der Waals surface area contributed by atoms with Crippen molar-refractivity contribution < 1.29 is 8.42 Å². The predicted octanol–water partition coefficient (Wildman–Crippen LogP) is 0.390. The van der Waals surface area contributed by atoms with E-state index in [2.05, 4.69) is 14.9 Å². The van der Waals surface area contributed by atoms with Crippen LogP contribution in [0.25, 0.3) is 0 Å². The molecule has 0 spiro atoms. The Labute approximate surface area is 111 Å². The zero-order valence-electron chi connectivity index (χ0n) is 11.6. The molecule has 0 aromatic rings. The maximum atomic E-state index is 11.6. The molecule has 0 amide bonds. The van der Waals surface area contributed by atoms with E-state index in [0.29, 0.717) is 12.6 Å². The summed E-state index contributed by atoms with van der Waals surface area (Å²) in [6, 6.07) is 0.714. The SMILES string of the molecule is CN(C)CCCNS(=O)(=O)CCCCNC1CC1. The minimum absolute atomic E-state index is 0.251. The van der Waals surface area contributed by atoms with Crippen molar-refractivity contribution in [3.8, 4) is 0 Å². The highest BCUT2D eigenvalue weighted by Crippen LogP contribution is 2.18. The standard InChI is InChI=1S/C12H27N3O2S/c1-15(2)10-5-9-14-18(16,17)11-4-3-8-13-12-6-7-12/h12-14H,3-11H2,1-2H3. The molecule has 1 saturated carbocycles. The second-order valence-corrected chi connectivity index (χ2v) is 7.23. The molecule has 1 rings (SSSR count). The van der Waals surface area contributed by atoms with Gasteiger partial charge in [-0.3, -0.25) is 0 Å². The molecule has 0 atom stereocenters. The average molecular weight is 277 g/mol. The molecule has 0 aliphatic heterocycles. The van der Waals surface area contributed by atoms with Crippen LogP contribution in [0.3, 0.4) is 0 Å². The van der Waals surface area contributed by atoms with Crippen LogP contribution in [-0.2, 0) is 10.0 Å². The van der Waals surface area contributed by atoms with E-state index in [9.17, 15) is 8.42 Å². The molecule has 0 aromatic heterocycles. The number of rotatable bonds is 11. The van der Waals surface area contributed by atoms with Gasteiger partial charge < -0.3 is 10.2 Å². The van der Waals surface area contributed by atoms with Gasteiger partial charge in [0.2, 0.25) is 10.0 Å². The van der Waals surface area contributed by atoms with Crippen LogP contribution < -0.4 is 10.0 Å². The Bertz CT molecular complexity index is 313. The highest BCUT2D eigenvalue weighted by atomic mass is 32.2. The van der Waals surface area contributed by atoms with Gasteiger partial charge in [0.05, 0.1) is 5.75 Å². The molecule has 0 saturated heterocycles. The Kier molecular flexibility index (Phi) is 7.14. The first-order valence-corrected chi connectivity index (χ1v) is 8.50. The number of hydrogen-bond donors (Lipinski definition) is 2. The summed E-state index contributed by atoms with van der Waals surface area (Å²) in [6.45, 7) is 2.40. The topological polar surface area (TPSA) is 61.4 Å². The number of unbranched alkanes of at least 4 members (excludes halogenated alkanes) is 1. The van der Waals surface area contributed by atoms with Gasteiger partial charge in [0.25, 0.3) is 0 Å². The molecule has 5 nitrogen and oxygen atoms in total. The first-order chi connectivity index (χ1) is 8.49. The van der Waals surface area contributed by atoms with Gasteiger partial charge in [0.1, 0.15) is 0 Å². The maximum Gasteiger partial charge on any atom is 0.211 e. The molecular weight excluding hydrogens is 250 g/mol. The summed E-state index contributed by atoms with van der Waals surface area (Å²) in [6.07, 6.45) is 5.10. The summed E-state index contributed by atoms with van der Waals surface area (Å²) in [7, 11) is 0.914. The minimum atomic E-state index is -3.06.